The number of hydrogen-bond acceptors (Lipinski definition) is 6. The Kier molecular flexibility index (Phi) is 29.7. The molecule has 3 heterocycles. The van der Waals surface area contributed by atoms with Crippen molar-refractivity contribution in [2.45, 2.75) is 134 Å². The van der Waals surface area contributed by atoms with Crippen LogP contribution in [0.5, 0.6) is 0 Å². The van der Waals surface area contributed by atoms with E-state index in [-0.39, 0.29) is 0 Å². The van der Waals surface area contributed by atoms with Gasteiger partial charge in [-0.2, -0.15) is 5.10 Å². The molecule has 8 heteroatoms. The van der Waals surface area contributed by atoms with Crippen molar-refractivity contribution in [3.63, 3.8) is 0 Å². The van der Waals surface area contributed by atoms with Crippen LogP contribution in [0.15, 0.2) is 228 Å². The fourth-order valence-electron chi connectivity index (χ4n) is 10.1. The molecular formula is C75H96N8. The van der Waals surface area contributed by atoms with Crippen LogP contribution in [0.4, 0.5) is 17.2 Å². The number of benzene rings is 4. The second-order valence-corrected chi connectivity index (χ2v) is 19.8. The summed E-state index contributed by atoms with van der Waals surface area (Å²) in [4.78, 5) is 10.9. The standard InChI is InChI=1S/C37H41N3.C27H30N4.C3H7N.2C3H6.C2H6/c1-5-16-29(7-3)28-35(30-18-10-8-11-19-30)37(32-21-12-9-13-22-32)39-38-33-24-26-34(27-25-33)40(4)36-23-15-14-20-31(36)17-6-2;1-4-9-18(2)26-25(29-24-12-7-8-17-30(24)26)20-13-15-21(16-14-20)31-23-11-6-5-10-22(23)19(3)27(31)28;1-3-4-2;2*1-3-2;1-2/h5-13,16-19,21-22,24-28,38H,14-15,20,23H2,1-4H3;7-9,12-17H,4-6,10-11,28H2,1-3H3;3H,1-2H3;2*3H,1H2,2H3;1-2H3/b16-5-,17-6+,29-7+,35-28+,39-37-;18-9+;;;;. The van der Waals surface area contributed by atoms with E-state index in [1.807, 2.05) is 59.7 Å². The van der Waals surface area contributed by atoms with Gasteiger partial charge in [-0.05, 0) is 207 Å². The SMILES string of the molecule is C=CC.C=CC.CC.CC/C=C(\C)c1c(-c2ccc(-n3c(N)c(C)c4c3CCCC4)cc2)nc2ccccn12.CC=NC.C\C=C/C(=C\C)/C=C(/C(=N\Nc1ccc(N(C)C2=C(/C=C/C)CCCC2)cc1)c1ccccc1)c1ccccc1. The predicted molar refractivity (Wildman–Crippen MR) is 368 cm³/mol. The zero-order valence-electron chi connectivity index (χ0n) is 52.5. The smallest absolute Gasteiger partial charge is 0.137 e. The molecule has 0 saturated carbocycles. The van der Waals surface area contributed by atoms with Gasteiger partial charge in [-0.1, -0.05) is 148 Å². The highest BCUT2D eigenvalue weighted by Crippen LogP contribution is 2.36. The van der Waals surface area contributed by atoms with E-state index < -0.39 is 0 Å². The lowest BCUT2D eigenvalue weighted by Gasteiger charge is -2.28. The van der Waals surface area contributed by atoms with Gasteiger partial charge in [-0.25, -0.2) is 4.98 Å². The summed E-state index contributed by atoms with van der Waals surface area (Å²) >= 11 is 0. The first-order chi connectivity index (χ1) is 40.5. The molecule has 3 N–H and O–H groups in total. The lowest BCUT2D eigenvalue weighted by molar-refractivity contribution is 0.662. The van der Waals surface area contributed by atoms with Gasteiger partial charge in [0.1, 0.15) is 11.5 Å². The Morgan fingerprint density at radius 2 is 1.34 bits per heavy atom. The summed E-state index contributed by atoms with van der Waals surface area (Å²) in [5, 5.41) is 5.00. The van der Waals surface area contributed by atoms with Crippen molar-refractivity contribution >= 4 is 45.9 Å². The normalized spacial score (nSPS) is 13.5. The number of imidazole rings is 1. The van der Waals surface area contributed by atoms with Gasteiger partial charge in [0.25, 0.3) is 0 Å². The maximum atomic E-state index is 6.55. The summed E-state index contributed by atoms with van der Waals surface area (Å²) < 4.78 is 4.45. The van der Waals surface area contributed by atoms with Crippen molar-refractivity contribution in [2.24, 2.45) is 10.1 Å². The maximum Gasteiger partial charge on any atom is 0.137 e. The molecule has 8 nitrogen and oxygen atoms in total. The molecule has 0 spiro atoms. The fourth-order valence-corrected chi connectivity index (χ4v) is 10.1. The number of aliphatic imine (C=N–C) groups is 1. The van der Waals surface area contributed by atoms with Crippen LogP contribution in [0, 0.1) is 6.92 Å². The lowest BCUT2D eigenvalue weighted by atomic mass is 9.94. The van der Waals surface area contributed by atoms with Crippen molar-refractivity contribution in [3.05, 3.63) is 252 Å². The molecule has 0 bridgehead atoms. The minimum absolute atomic E-state index is 0.884. The molecule has 436 valence electrons. The summed E-state index contributed by atoms with van der Waals surface area (Å²) in [5.74, 6) is 0.884. The van der Waals surface area contributed by atoms with Crippen LogP contribution in [0.2, 0.25) is 0 Å². The first-order valence-electron chi connectivity index (χ1n) is 29.9. The molecule has 4 aromatic carbocycles. The molecule has 2 aliphatic rings. The molecule has 7 aromatic rings. The van der Waals surface area contributed by atoms with Gasteiger partial charge in [-0.15, -0.1) is 13.2 Å². The van der Waals surface area contributed by atoms with E-state index in [2.05, 4.69) is 237 Å². The van der Waals surface area contributed by atoms with Crippen LogP contribution in [0.1, 0.15) is 148 Å². The molecule has 0 atom stereocenters. The summed E-state index contributed by atoms with van der Waals surface area (Å²) in [6.45, 7) is 29.1. The van der Waals surface area contributed by atoms with E-state index in [0.29, 0.717) is 0 Å². The van der Waals surface area contributed by atoms with E-state index in [9.17, 15) is 0 Å². The number of pyridine rings is 1. The highest BCUT2D eigenvalue weighted by Gasteiger charge is 2.23. The molecule has 0 fully saturated rings. The van der Waals surface area contributed by atoms with Crippen LogP contribution < -0.4 is 16.1 Å². The van der Waals surface area contributed by atoms with Gasteiger partial charge in [0.15, 0.2) is 0 Å². The molecule has 83 heavy (non-hydrogen) atoms. The Labute approximate surface area is 500 Å². The van der Waals surface area contributed by atoms with Gasteiger partial charge >= 0.3 is 0 Å². The van der Waals surface area contributed by atoms with Crippen LogP contribution >= 0.6 is 0 Å². The maximum absolute atomic E-state index is 6.55. The van der Waals surface area contributed by atoms with E-state index in [1.54, 1.807) is 25.4 Å². The van der Waals surface area contributed by atoms with E-state index in [4.69, 9.17) is 15.8 Å². The van der Waals surface area contributed by atoms with E-state index in [1.165, 1.54) is 70.7 Å². The lowest BCUT2D eigenvalue weighted by Crippen LogP contribution is -2.20. The summed E-state index contributed by atoms with van der Waals surface area (Å²) in [6, 6.07) is 44.3. The van der Waals surface area contributed by atoms with Crippen molar-refractivity contribution < 1.29 is 0 Å². The molecule has 0 unspecified atom stereocenters. The van der Waals surface area contributed by atoms with E-state index >= 15 is 0 Å². The fraction of sp³-hybridized carbons (Fsp3) is 0.293. The molecule has 9 rings (SSSR count). The summed E-state index contributed by atoms with van der Waals surface area (Å²) in [7, 11) is 3.93. The number of nitrogen functional groups attached to an aromatic ring is 1. The number of nitrogens with two attached hydrogens (primary N) is 1. The zero-order valence-corrected chi connectivity index (χ0v) is 52.5. The van der Waals surface area contributed by atoms with Gasteiger partial charge in [-0.3, -0.25) is 9.83 Å². The number of hydrogen-bond donors (Lipinski definition) is 2. The third-order valence-electron chi connectivity index (χ3n) is 14.1. The Morgan fingerprint density at radius 1 is 0.747 bits per heavy atom. The highest BCUT2D eigenvalue weighted by molar-refractivity contribution is 6.32. The van der Waals surface area contributed by atoms with Crippen LogP contribution in [-0.4, -0.2) is 40.0 Å². The predicted octanol–water partition coefficient (Wildman–Crippen LogP) is 20.4. The first-order valence-corrected chi connectivity index (χ1v) is 29.9. The number of allylic oxidation sites excluding steroid dienone is 14. The number of aromatic nitrogens is 3. The molecular weight excluding hydrogens is 1010 g/mol. The van der Waals surface area contributed by atoms with Crippen LogP contribution in [0.25, 0.3) is 33.7 Å². The van der Waals surface area contributed by atoms with Gasteiger partial charge in [0.05, 0.1) is 22.8 Å². The quantitative estimate of drug-likeness (QED) is 0.0492. The Hall–Kier alpha value is -8.49. The number of fused-ring (bicyclic) bond motifs is 2. The van der Waals surface area contributed by atoms with E-state index in [0.717, 1.165) is 94.2 Å². The number of nitrogens with one attached hydrogen (secondary N) is 1. The van der Waals surface area contributed by atoms with Crippen molar-refractivity contribution in [3.8, 4) is 16.9 Å². The first kappa shape index (κ1) is 67.0. The average molecular weight is 1110 g/mol. The second-order valence-electron chi connectivity index (χ2n) is 19.8. The third kappa shape index (κ3) is 18.8. The topological polar surface area (TPSA) is 88.2 Å². The molecule has 0 saturated heterocycles. The summed E-state index contributed by atoms with van der Waals surface area (Å²) in [6.07, 6.45) is 33.1. The number of rotatable bonds is 14. The zero-order chi connectivity index (χ0) is 60.5. The van der Waals surface area contributed by atoms with Crippen LogP contribution in [-0.2, 0) is 12.8 Å². The number of anilines is 3. The number of hydrazone groups is 1. The van der Waals surface area contributed by atoms with Gasteiger partial charge in [0.2, 0.25) is 0 Å². The van der Waals surface area contributed by atoms with Crippen molar-refractivity contribution in [2.75, 3.05) is 30.2 Å². The largest absolute Gasteiger partial charge is 0.385 e. The minimum Gasteiger partial charge on any atom is -0.385 e. The molecule has 0 radical (unpaired) electrons. The highest BCUT2D eigenvalue weighted by atomic mass is 15.3. The van der Waals surface area contributed by atoms with Crippen molar-refractivity contribution in [1.82, 2.24) is 14.0 Å². The molecule has 0 aliphatic heterocycles. The molecule has 0 amide bonds. The van der Waals surface area contributed by atoms with Gasteiger partial charge in [0, 0.05) is 59.8 Å². The summed E-state index contributed by atoms with van der Waals surface area (Å²) in [5.41, 5.74) is 30.9. The van der Waals surface area contributed by atoms with Crippen LogP contribution in [0.3, 0.4) is 0 Å². The third-order valence-corrected chi connectivity index (χ3v) is 14.1. The Bertz CT molecular complexity index is 3320. The molecule has 2 aliphatic carbocycles. The Balaban J connectivity index is 0.000000305. The number of nitrogens with zero attached hydrogens (tertiary/aromatic N) is 6. The van der Waals surface area contributed by atoms with Gasteiger partial charge < -0.3 is 20.2 Å². The van der Waals surface area contributed by atoms with Crippen molar-refractivity contribution in [1.29, 1.82) is 0 Å². The second kappa shape index (κ2) is 36.8. The Morgan fingerprint density at radius 3 is 1.93 bits per heavy atom. The minimum atomic E-state index is 0.884. The molecule has 3 aromatic heterocycles. The monoisotopic (exact) mass is 1110 g/mol. The average Bonchev–Trinajstić information content (AvgIpc) is 3.91.